The van der Waals surface area contributed by atoms with Crippen LogP contribution in [0.4, 0.5) is 11.4 Å². The Kier molecular flexibility index (Phi) is 4.10. The Morgan fingerprint density at radius 3 is 2.64 bits per heavy atom. The molecule has 2 aromatic heterocycles. The van der Waals surface area contributed by atoms with E-state index in [0.717, 1.165) is 11.0 Å². The Labute approximate surface area is 171 Å². The first-order valence-electron chi connectivity index (χ1n) is 8.42. The number of hydrogen-bond acceptors (Lipinski definition) is 5. The number of anilines is 2. The van der Waals surface area contributed by atoms with Crippen LogP contribution >= 0.6 is 23.8 Å². The molecule has 0 aliphatic carbocycles. The molecular weight excluding hydrogens is 396 g/mol. The maximum Gasteiger partial charge on any atom is 0.259 e. The van der Waals surface area contributed by atoms with Crippen LogP contribution in [-0.2, 0) is 11.8 Å². The molecule has 1 aliphatic heterocycles. The molecule has 7 nitrogen and oxygen atoms in total. The Hall–Kier alpha value is -3.02. The molecule has 1 fully saturated rings. The van der Waals surface area contributed by atoms with Crippen molar-refractivity contribution in [1.82, 2.24) is 14.8 Å². The summed E-state index contributed by atoms with van der Waals surface area (Å²) in [6.45, 7) is 3.61. The van der Waals surface area contributed by atoms with Crippen molar-refractivity contribution in [1.29, 1.82) is 5.26 Å². The van der Waals surface area contributed by atoms with Gasteiger partial charge in [0, 0.05) is 12.4 Å². The van der Waals surface area contributed by atoms with Gasteiger partial charge in [0.1, 0.15) is 11.6 Å². The second kappa shape index (κ2) is 6.26. The molecule has 0 unspecified atom stereocenters. The number of fused-ring (bicyclic) bond motifs is 1. The number of nitriles is 1. The minimum atomic E-state index is -0.922. The molecule has 1 saturated heterocycles. The summed E-state index contributed by atoms with van der Waals surface area (Å²) >= 11 is 11.8. The van der Waals surface area contributed by atoms with Gasteiger partial charge in [-0.1, -0.05) is 11.6 Å². The molecule has 1 amide bonds. The molecule has 4 rings (SSSR count). The van der Waals surface area contributed by atoms with Gasteiger partial charge >= 0.3 is 0 Å². The molecule has 1 aliphatic rings. The van der Waals surface area contributed by atoms with Gasteiger partial charge in [0.2, 0.25) is 0 Å². The summed E-state index contributed by atoms with van der Waals surface area (Å²) in [5.41, 5.74) is 1.38. The van der Waals surface area contributed by atoms with Crippen molar-refractivity contribution >= 4 is 57.2 Å². The number of aryl methyl sites for hydroxylation is 1. The van der Waals surface area contributed by atoms with E-state index in [1.807, 2.05) is 19.2 Å². The van der Waals surface area contributed by atoms with Gasteiger partial charge in [0.05, 0.1) is 34.4 Å². The van der Waals surface area contributed by atoms with E-state index < -0.39 is 5.54 Å². The van der Waals surface area contributed by atoms with Crippen molar-refractivity contribution in [2.45, 2.75) is 19.4 Å². The molecule has 0 saturated carbocycles. The lowest BCUT2D eigenvalue weighted by atomic mass is 10.0. The second-order valence-corrected chi connectivity index (χ2v) is 7.74. The molecule has 3 heterocycles. The maximum absolute atomic E-state index is 13.2. The lowest BCUT2D eigenvalue weighted by Crippen LogP contribution is -2.44. The van der Waals surface area contributed by atoms with E-state index >= 15 is 0 Å². The predicted octanol–water partition coefficient (Wildman–Crippen LogP) is 3.41. The van der Waals surface area contributed by atoms with E-state index in [1.165, 1.54) is 4.90 Å². The minimum absolute atomic E-state index is 0.190. The van der Waals surface area contributed by atoms with Crippen LogP contribution in [0.1, 0.15) is 19.4 Å². The van der Waals surface area contributed by atoms with Crippen LogP contribution in [0.3, 0.4) is 0 Å². The highest BCUT2D eigenvalue weighted by molar-refractivity contribution is 7.81. The first-order valence-corrected chi connectivity index (χ1v) is 9.20. The average molecular weight is 411 g/mol. The number of thiocarbonyl (C=S) groups is 1. The van der Waals surface area contributed by atoms with Gasteiger partial charge in [-0.05, 0) is 50.3 Å². The smallest absolute Gasteiger partial charge is 0.259 e. The highest BCUT2D eigenvalue weighted by Gasteiger charge is 2.50. The second-order valence-electron chi connectivity index (χ2n) is 6.97. The quantitative estimate of drug-likeness (QED) is 0.602. The fraction of sp³-hybridized carbons (Fsp3) is 0.211. The van der Waals surface area contributed by atoms with Crippen LogP contribution in [-0.4, -0.2) is 31.3 Å². The Morgan fingerprint density at radius 2 is 1.96 bits per heavy atom. The van der Waals surface area contributed by atoms with Crippen LogP contribution in [0.5, 0.6) is 0 Å². The molecule has 0 spiro atoms. The lowest BCUT2D eigenvalue weighted by Gasteiger charge is -2.29. The Balaban J connectivity index is 1.80. The Morgan fingerprint density at radius 1 is 1.21 bits per heavy atom. The summed E-state index contributed by atoms with van der Waals surface area (Å²) in [6, 6.07) is 8.73. The number of pyridine rings is 1. The van der Waals surface area contributed by atoms with Crippen molar-refractivity contribution in [3.63, 3.8) is 0 Å². The summed E-state index contributed by atoms with van der Waals surface area (Å²) in [7, 11) is 1.82. The highest BCUT2D eigenvalue weighted by atomic mass is 35.5. The van der Waals surface area contributed by atoms with E-state index in [2.05, 4.69) is 10.1 Å². The van der Waals surface area contributed by atoms with E-state index in [9.17, 15) is 4.79 Å². The van der Waals surface area contributed by atoms with Gasteiger partial charge in [0.15, 0.2) is 10.8 Å². The standard InChI is InChI=1S/C19H15ClN6OS/c1-19(2)17(27)25(13-5-4-11(8-21)15(20)7-13)18(28)26(19)14-6-12-9-23-24(3)16(12)22-10-14/h4-7,9-10H,1-3H3. The number of carbonyl (C=O) groups excluding carboxylic acids is 1. The number of aromatic nitrogens is 3. The normalized spacial score (nSPS) is 16.1. The van der Waals surface area contributed by atoms with Crippen LogP contribution in [0, 0.1) is 11.3 Å². The number of carbonyl (C=O) groups is 1. The number of hydrogen-bond donors (Lipinski definition) is 0. The zero-order valence-corrected chi connectivity index (χ0v) is 16.9. The van der Waals surface area contributed by atoms with Crippen LogP contribution in [0.15, 0.2) is 36.7 Å². The van der Waals surface area contributed by atoms with Gasteiger partial charge in [0.25, 0.3) is 5.91 Å². The molecule has 0 radical (unpaired) electrons. The third-order valence-corrected chi connectivity index (χ3v) is 5.49. The van der Waals surface area contributed by atoms with Crippen molar-refractivity contribution in [2.75, 3.05) is 9.80 Å². The molecule has 0 atom stereocenters. The Bertz CT molecular complexity index is 1190. The van der Waals surface area contributed by atoms with Crippen molar-refractivity contribution < 1.29 is 4.79 Å². The van der Waals surface area contributed by atoms with Crippen LogP contribution in [0.25, 0.3) is 11.0 Å². The van der Waals surface area contributed by atoms with Gasteiger partial charge < -0.3 is 4.90 Å². The van der Waals surface area contributed by atoms with Gasteiger partial charge in [-0.3, -0.25) is 14.4 Å². The maximum atomic E-state index is 13.2. The first-order chi connectivity index (χ1) is 13.3. The summed E-state index contributed by atoms with van der Waals surface area (Å²) in [6.07, 6.45) is 3.40. The van der Waals surface area contributed by atoms with Gasteiger partial charge in [-0.25, -0.2) is 4.98 Å². The van der Waals surface area contributed by atoms with E-state index in [-0.39, 0.29) is 10.9 Å². The summed E-state index contributed by atoms with van der Waals surface area (Å²) < 4.78 is 1.68. The molecule has 140 valence electrons. The number of nitrogens with zero attached hydrogens (tertiary/aromatic N) is 6. The van der Waals surface area contributed by atoms with E-state index in [1.54, 1.807) is 54.0 Å². The summed E-state index contributed by atoms with van der Waals surface area (Å²) in [5, 5.41) is 14.7. The highest BCUT2D eigenvalue weighted by Crippen LogP contribution is 2.37. The van der Waals surface area contributed by atoms with E-state index in [4.69, 9.17) is 29.1 Å². The molecule has 0 bridgehead atoms. The molecule has 0 N–H and O–H groups in total. The zero-order valence-electron chi connectivity index (χ0n) is 15.3. The monoisotopic (exact) mass is 410 g/mol. The van der Waals surface area contributed by atoms with Crippen molar-refractivity contribution in [3.8, 4) is 6.07 Å². The predicted molar refractivity (Wildman–Crippen MR) is 111 cm³/mol. The third-order valence-electron chi connectivity index (χ3n) is 4.81. The van der Waals surface area contributed by atoms with Gasteiger partial charge in [-0.15, -0.1) is 0 Å². The summed E-state index contributed by atoms with van der Waals surface area (Å²) in [5.74, 6) is -0.190. The fourth-order valence-electron chi connectivity index (χ4n) is 3.34. The van der Waals surface area contributed by atoms with Gasteiger partial charge in [-0.2, -0.15) is 10.4 Å². The SMILES string of the molecule is Cn1ncc2cc(N3C(=S)N(c4ccc(C#N)c(Cl)c4)C(=O)C3(C)C)cnc21. The topological polar surface area (TPSA) is 78.0 Å². The van der Waals surface area contributed by atoms with Crippen molar-refractivity contribution in [3.05, 3.63) is 47.2 Å². The van der Waals surface area contributed by atoms with Crippen LogP contribution in [0.2, 0.25) is 5.02 Å². The molecule has 9 heteroatoms. The molecular formula is C19H15ClN6OS. The van der Waals surface area contributed by atoms with E-state index in [0.29, 0.717) is 22.1 Å². The number of amides is 1. The number of halogens is 1. The fourth-order valence-corrected chi connectivity index (χ4v) is 4.08. The molecule has 3 aromatic rings. The third kappa shape index (κ3) is 2.55. The van der Waals surface area contributed by atoms with Crippen molar-refractivity contribution in [2.24, 2.45) is 7.05 Å². The molecule has 1 aromatic carbocycles. The largest absolute Gasteiger partial charge is 0.302 e. The zero-order chi connectivity index (χ0) is 20.2. The van der Waals surface area contributed by atoms with Crippen LogP contribution < -0.4 is 9.80 Å². The first kappa shape index (κ1) is 18.3. The average Bonchev–Trinajstić information content (AvgIpc) is 3.10. The number of rotatable bonds is 2. The minimum Gasteiger partial charge on any atom is -0.302 e. The lowest BCUT2D eigenvalue weighted by molar-refractivity contribution is -0.120. The summed E-state index contributed by atoms with van der Waals surface area (Å²) in [4.78, 5) is 20.9. The molecule has 28 heavy (non-hydrogen) atoms. The number of benzene rings is 1.